The van der Waals surface area contributed by atoms with Crippen molar-refractivity contribution in [3.63, 3.8) is 0 Å². The Hall–Kier alpha value is -4.62. The minimum absolute atomic E-state index is 0.0929. The Kier molecular flexibility index (Phi) is 8.19. The third-order valence-corrected chi connectivity index (χ3v) is 7.14. The van der Waals surface area contributed by atoms with Gasteiger partial charge in [-0.05, 0) is 65.7 Å². The van der Waals surface area contributed by atoms with Crippen LogP contribution in [-0.2, 0) is 17.8 Å². The average Bonchev–Trinajstić information content (AvgIpc) is 3.25. The second-order valence-corrected chi connectivity index (χ2v) is 9.87. The molecular weight excluding hydrogens is 508 g/mol. The summed E-state index contributed by atoms with van der Waals surface area (Å²) >= 11 is 1.36. The lowest BCUT2D eigenvalue weighted by Gasteiger charge is -2.15. The normalized spacial score (nSPS) is 15.2. The monoisotopic (exact) mass is 534 g/mol. The number of benzene rings is 4. The van der Waals surface area contributed by atoms with Gasteiger partial charge in [0.25, 0.3) is 5.91 Å². The highest BCUT2D eigenvalue weighted by molar-refractivity contribution is 8.18. The Labute approximate surface area is 231 Å². The van der Waals surface area contributed by atoms with Crippen molar-refractivity contribution < 1.29 is 19.4 Å². The van der Waals surface area contributed by atoms with Crippen LogP contribution in [0.1, 0.15) is 27.0 Å². The lowest BCUT2D eigenvalue weighted by atomic mass is 10.1. The van der Waals surface area contributed by atoms with E-state index in [1.54, 1.807) is 29.2 Å². The molecule has 1 fully saturated rings. The maximum absolute atomic E-state index is 13.6. The van der Waals surface area contributed by atoms with E-state index in [1.165, 1.54) is 11.8 Å². The molecule has 1 saturated heterocycles. The molecular formula is C32H26N2O4S. The summed E-state index contributed by atoms with van der Waals surface area (Å²) in [6.45, 7) is 0.786. The molecule has 0 aromatic heterocycles. The van der Waals surface area contributed by atoms with Gasteiger partial charge in [-0.3, -0.25) is 9.69 Å². The van der Waals surface area contributed by atoms with E-state index in [2.05, 4.69) is 12.1 Å². The van der Waals surface area contributed by atoms with Gasteiger partial charge in [-0.25, -0.2) is 9.79 Å². The van der Waals surface area contributed by atoms with E-state index in [0.717, 1.165) is 22.4 Å². The molecule has 0 saturated carbocycles. The first kappa shape index (κ1) is 26.0. The lowest BCUT2D eigenvalue weighted by molar-refractivity contribution is -0.122. The molecule has 4 aromatic rings. The molecule has 1 aliphatic heterocycles. The molecule has 7 heteroatoms. The summed E-state index contributed by atoms with van der Waals surface area (Å²) in [4.78, 5) is 31.8. The van der Waals surface area contributed by atoms with Crippen LogP contribution in [0.2, 0.25) is 0 Å². The minimum atomic E-state index is -0.967. The van der Waals surface area contributed by atoms with E-state index in [1.807, 2.05) is 78.9 Å². The van der Waals surface area contributed by atoms with Crippen molar-refractivity contribution in [2.45, 2.75) is 13.0 Å². The van der Waals surface area contributed by atoms with Crippen molar-refractivity contribution in [2.75, 3.05) is 6.54 Å². The summed E-state index contributed by atoms with van der Waals surface area (Å²) in [6, 6.07) is 33.8. The van der Waals surface area contributed by atoms with Crippen molar-refractivity contribution in [1.82, 2.24) is 4.90 Å². The number of carboxylic acids is 1. The van der Waals surface area contributed by atoms with Crippen LogP contribution >= 0.6 is 11.8 Å². The number of carboxylic acid groups (broad SMARTS) is 1. The molecule has 1 heterocycles. The van der Waals surface area contributed by atoms with Gasteiger partial charge in [0.2, 0.25) is 0 Å². The fourth-order valence-corrected chi connectivity index (χ4v) is 5.08. The molecule has 194 valence electrons. The summed E-state index contributed by atoms with van der Waals surface area (Å²) in [6.07, 6.45) is 2.56. The van der Waals surface area contributed by atoms with Gasteiger partial charge in [0.15, 0.2) is 5.17 Å². The van der Waals surface area contributed by atoms with E-state index in [4.69, 9.17) is 14.8 Å². The number of hydrogen-bond acceptors (Lipinski definition) is 5. The van der Waals surface area contributed by atoms with Gasteiger partial charge in [0.05, 0.1) is 16.2 Å². The van der Waals surface area contributed by atoms with Crippen LogP contribution in [0.5, 0.6) is 5.75 Å². The molecule has 0 bridgehead atoms. The zero-order valence-electron chi connectivity index (χ0n) is 21.1. The Bertz CT molecular complexity index is 1520. The number of amides is 1. The number of amidine groups is 1. The number of carbonyl (C=O) groups excluding carboxylic acids is 1. The van der Waals surface area contributed by atoms with Crippen molar-refractivity contribution in [2.24, 2.45) is 4.99 Å². The molecule has 5 rings (SSSR count). The zero-order valence-corrected chi connectivity index (χ0v) is 21.9. The molecule has 0 unspecified atom stereocenters. The van der Waals surface area contributed by atoms with Crippen molar-refractivity contribution in [1.29, 1.82) is 0 Å². The molecule has 6 nitrogen and oxygen atoms in total. The third kappa shape index (κ3) is 6.64. The highest BCUT2D eigenvalue weighted by Gasteiger charge is 2.33. The van der Waals surface area contributed by atoms with E-state index < -0.39 is 5.97 Å². The van der Waals surface area contributed by atoms with Crippen molar-refractivity contribution in [3.8, 4) is 5.75 Å². The predicted octanol–water partition coefficient (Wildman–Crippen LogP) is 6.81. The molecule has 1 aliphatic rings. The topological polar surface area (TPSA) is 79.2 Å². The number of hydrogen-bond donors (Lipinski definition) is 1. The van der Waals surface area contributed by atoms with Crippen molar-refractivity contribution >= 4 is 40.6 Å². The summed E-state index contributed by atoms with van der Waals surface area (Å²) < 4.78 is 6.07. The number of ether oxygens (including phenoxy) is 1. The maximum Gasteiger partial charge on any atom is 0.335 e. The number of para-hydroxylation sites is 2. The van der Waals surface area contributed by atoms with Crippen LogP contribution < -0.4 is 4.74 Å². The molecule has 0 aliphatic carbocycles. The second-order valence-electron chi connectivity index (χ2n) is 8.86. The average molecular weight is 535 g/mol. The molecule has 4 aromatic carbocycles. The SMILES string of the molecule is O=C(O)c1ccc(COc2ccccc2/C=C2\SC(=Nc3ccccc3)N(CCc3ccccc3)C2=O)cc1. The van der Waals surface area contributed by atoms with Gasteiger partial charge in [0, 0.05) is 12.1 Å². The largest absolute Gasteiger partial charge is 0.488 e. The molecule has 0 atom stereocenters. The summed E-state index contributed by atoms with van der Waals surface area (Å²) in [5, 5.41) is 9.75. The number of thioether (sulfide) groups is 1. The van der Waals surface area contributed by atoms with Gasteiger partial charge in [-0.2, -0.15) is 0 Å². The van der Waals surface area contributed by atoms with E-state index in [9.17, 15) is 9.59 Å². The maximum atomic E-state index is 13.6. The van der Waals surface area contributed by atoms with E-state index >= 15 is 0 Å². The fraction of sp³-hybridized carbons (Fsp3) is 0.0938. The van der Waals surface area contributed by atoms with Crippen LogP contribution in [0.25, 0.3) is 6.08 Å². The smallest absolute Gasteiger partial charge is 0.335 e. The Morgan fingerprint density at radius 2 is 1.51 bits per heavy atom. The number of nitrogens with zero attached hydrogens (tertiary/aromatic N) is 2. The standard InChI is InChI=1S/C32H26N2O4S/c35-30-29(21-26-11-7-8-14-28(26)38-22-24-15-17-25(18-16-24)31(36)37)39-32(33-27-12-5-2-6-13-27)34(30)20-19-23-9-3-1-4-10-23/h1-18,21H,19-20,22H2,(H,36,37)/b29-21-,33-32?. The van der Waals surface area contributed by atoms with Gasteiger partial charge >= 0.3 is 5.97 Å². The fourth-order valence-electron chi connectivity index (χ4n) is 4.06. The van der Waals surface area contributed by atoms with Gasteiger partial charge < -0.3 is 9.84 Å². The van der Waals surface area contributed by atoms with Gasteiger partial charge in [-0.15, -0.1) is 0 Å². The van der Waals surface area contributed by atoms with E-state index in [-0.39, 0.29) is 18.1 Å². The molecule has 0 spiro atoms. The molecule has 39 heavy (non-hydrogen) atoms. The Balaban J connectivity index is 1.38. The number of rotatable bonds is 9. The third-order valence-electron chi connectivity index (χ3n) is 6.14. The Morgan fingerprint density at radius 1 is 0.846 bits per heavy atom. The van der Waals surface area contributed by atoms with Gasteiger partial charge in [0.1, 0.15) is 12.4 Å². The molecule has 1 amide bonds. The van der Waals surface area contributed by atoms with Crippen LogP contribution in [-0.4, -0.2) is 33.6 Å². The highest BCUT2D eigenvalue weighted by Crippen LogP contribution is 2.36. The van der Waals surface area contributed by atoms with Crippen LogP contribution in [0.3, 0.4) is 0 Å². The van der Waals surface area contributed by atoms with E-state index in [0.29, 0.717) is 28.8 Å². The van der Waals surface area contributed by atoms with Crippen LogP contribution in [0, 0.1) is 0 Å². The first-order chi connectivity index (χ1) is 19.1. The number of aliphatic imine (C=N–C) groups is 1. The molecule has 1 N–H and O–H groups in total. The Morgan fingerprint density at radius 3 is 2.23 bits per heavy atom. The first-order valence-electron chi connectivity index (χ1n) is 12.5. The van der Waals surface area contributed by atoms with Crippen molar-refractivity contribution in [3.05, 3.63) is 136 Å². The van der Waals surface area contributed by atoms with Gasteiger partial charge in [-0.1, -0.05) is 78.9 Å². The summed E-state index contributed by atoms with van der Waals surface area (Å²) in [5.41, 5.74) is 3.79. The zero-order chi connectivity index (χ0) is 27.0. The van der Waals surface area contributed by atoms with Crippen LogP contribution in [0.15, 0.2) is 119 Å². The molecule has 0 radical (unpaired) electrons. The summed E-state index contributed by atoms with van der Waals surface area (Å²) in [7, 11) is 0. The minimum Gasteiger partial charge on any atom is -0.488 e. The highest BCUT2D eigenvalue weighted by atomic mass is 32.2. The van der Waals surface area contributed by atoms with Crippen LogP contribution in [0.4, 0.5) is 5.69 Å². The number of aromatic carboxylic acids is 1. The number of carbonyl (C=O) groups is 2. The predicted molar refractivity (Wildman–Crippen MR) is 155 cm³/mol. The summed E-state index contributed by atoms with van der Waals surface area (Å²) in [5.74, 6) is -0.430. The lowest BCUT2D eigenvalue weighted by Crippen LogP contribution is -2.31. The quantitative estimate of drug-likeness (QED) is 0.239. The first-order valence-corrected chi connectivity index (χ1v) is 13.3. The second kappa shape index (κ2) is 12.3.